The summed E-state index contributed by atoms with van der Waals surface area (Å²) in [5, 5.41) is 0. The van der Waals surface area contributed by atoms with Crippen LogP contribution in [0.3, 0.4) is 0 Å². The summed E-state index contributed by atoms with van der Waals surface area (Å²) >= 11 is 0. The van der Waals surface area contributed by atoms with Gasteiger partial charge < -0.3 is 5.73 Å². The molecule has 0 aliphatic heterocycles. The zero-order chi connectivity index (χ0) is 14.6. The van der Waals surface area contributed by atoms with Crippen LogP contribution in [-0.4, -0.2) is 21.0 Å². The molecule has 108 valence electrons. The number of benzene rings is 1. The summed E-state index contributed by atoms with van der Waals surface area (Å²) in [6, 6.07) is 6.75. The van der Waals surface area contributed by atoms with Crippen LogP contribution in [0.15, 0.2) is 29.2 Å². The highest BCUT2D eigenvalue weighted by Gasteiger charge is 2.21. The van der Waals surface area contributed by atoms with Gasteiger partial charge in [0.15, 0.2) is 0 Å². The van der Waals surface area contributed by atoms with Crippen molar-refractivity contribution in [3.63, 3.8) is 0 Å². The Bertz CT molecular complexity index is 493. The maximum absolute atomic E-state index is 12.2. The number of sulfonamides is 1. The van der Waals surface area contributed by atoms with Crippen molar-refractivity contribution in [1.29, 1.82) is 0 Å². The van der Waals surface area contributed by atoms with E-state index in [1.165, 1.54) is 0 Å². The number of nitrogens with two attached hydrogens (primary N) is 1. The van der Waals surface area contributed by atoms with Crippen LogP contribution in [0, 0.1) is 5.92 Å². The molecule has 5 heteroatoms. The van der Waals surface area contributed by atoms with Crippen molar-refractivity contribution in [3.8, 4) is 0 Å². The predicted octanol–water partition coefficient (Wildman–Crippen LogP) is 2.07. The van der Waals surface area contributed by atoms with Crippen LogP contribution in [0.5, 0.6) is 0 Å². The fourth-order valence-electron chi connectivity index (χ4n) is 1.76. The van der Waals surface area contributed by atoms with Gasteiger partial charge in [0.25, 0.3) is 0 Å². The molecule has 19 heavy (non-hydrogen) atoms. The quantitative estimate of drug-likeness (QED) is 0.840. The lowest BCUT2D eigenvalue weighted by Crippen LogP contribution is -2.43. The van der Waals surface area contributed by atoms with Crippen molar-refractivity contribution >= 4 is 10.0 Å². The van der Waals surface area contributed by atoms with Gasteiger partial charge in [-0.3, -0.25) is 0 Å². The first-order chi connectivity index (χ1) is 8.77. The van der Waals surface area contributed by atoms with Crippen molar-refractivity contribution in [2.45, 2.75) is 44.6 Å². The van der Waals surface area contributed by atoms with E-state index in [9.17, 15) is 8.42 Å². The largest absolute Gasteiger partial charge is 0.329 e. The molecule has 0 radical (unpaired) electrons. The Morgan fingerprint density at radius 1 is 1.11 bits per heavy atom. The Kier molecular flexibility index (Phi) is 5.52. The van der Waals surface area contributed by atoms with Crippen LogP contribution in [0.25, 0.3) is 0 Å². The van der Waals surface area contributed by atoms with Gasteiger partial charge in [0.1, 0.15) is 0 Å². The summed E-state index contributed by atoms with van der Waals surface area (Å²) in [6.07, 6.45) is 0. The Morgan fingerprint density at radius 2 is 1.63 bits per heavy atom. The third-order valence-electron chi connectivity index (χ3n) is 3.22. The van der Waals surface area contributed by atoms with Gasteiger partial charge >= 0.3 is 0 Å². The van der Waals surface area contributed by atoms with Gasteiger partial charge in [0, 0.05) is 12.6 Å². The second kappa shape index (κ2) is 6.50. The summed E-state index contributed by atoms with van der Waals surface area (Å²) in [6.45, 7) is 8.33. The first-order valence-corrected chi connectivity index (χ1v) is 8.08. The van der Waals surface area contributed by atoms with E-state index in [4.69, 9.17) is 5.73 Å². The fourth-order valence-corrected chi connectivity index (χ4v) is 3.15. The van der Waals surface area contributed by atoms with E-state index >= 15 is 0 Å². The average Bonchev–Trinajstić information content (AvgIpc) is 2.35. The Morgan fingerprint density at radius 3 is 2.00 bits per heavy atom. The minimum Gasteiger partial charge on any atom is -0.329 e. The highest BCUT2D eigenvalue weighted by Crippen LogP contribution is 2.17. The first kappa shape index (κ1) is 16.1. The van der Waals surface area contributed by atoms with Crippen LogP contribution >= 0.6 is 0 Å². The molecule has 0 saturated carbocycles. The third-order valence-corrected chi connectivity index (χ3v) is 4.73. The molecule has 0 bridgehead atoms. The maximum Gasteiger partial charge on any atom is 0.240 e. The molecule has 0 amide bonds. The molecule has 4 nitrogen and oxygen atoms in total. The molecule has 0 saturated heterocycles. The zero-order valence-electron chi connectivity index (χ0n) is 12.1. The molecule has 0 aromatic heterocycles. The van der Waals surface area contributed by atoms with Crippen LogP contribution in [-0.2, 0) is 10.0 Å². The average molecular weight is 284 g/mol. The summed E-state index contributed by atoms with van der Waals surface area (Å²) in [4.78, 5) is 0.288. The standard InChI is InChI=1S/C14H24N2O2S/c1-10(2)12-5-7-13(8-6-12)19(17,18)16-14(9-15)11(3)4/h5-8,10-11,14,16H,9,15H2,1-4H3. The molecule has 1 unspecified atom stereocenters. The van der Waals surface area contributed by atoms with E-state index in [1.54, 1.807) is 12.1 Å². The summed E-state index contributed by atoms with van der Waals surface area (Å²) in [5.41, 5.74) is 6.72. The summed E-state index contributed by atoms with van der Waals surface area (Å²) < 4.78 is 27.1. The van der Waals surface area contributed by atoms with Gasteiger partial charge in [-0.2, -0.15) is 0 Å². The Labute approximate surface area is 116 Å². The lowest BCUT2D eigenvalue weighted by Gasteiger charge is -2.20. The van der Waals surface area contributed by atoms with Gasteiger partial charge in [0.2, 0.25) is 10.0 Å². The molecule has 0 fully saturated rings. The summed E-state index contributed by atoms with van der Waals surface area (Å²) in [5.74, 6) is 0.548. The molecule has 1 rings (SSSR count). The molecule has 0 aliphatic rings. The minimum absolute atomic E-state index is 0.162. The monoisotopic (exact) mass is 284 g/mol. The van der Waals surface area contributed by atoms with Crippen molar-refractivity contribution in [2.24, 2.45) is 11.7 Å². The highest BCUT2D eigenvalue weighted by molar-refractivity contribution is 7.89. The molecule has 0 heterocycles. The smallest absolute Gasteiger partial charge is 0.240 e. The second-order valence-electron chi connectivity index (χ2n) is 5.43. The first-order valence-electron chi connectivity index (χ1n) is 6.60. The Balaban J connectivity index is 2.94. The van der Waals surface area contributed by atoms with E-state index in [1.807, 2.05) is 26.0 Å². The molecule has 0 aliphatic carbocycles. The topological polar surface area (TPSA) is 72.2 Å². The molecule has 0 spiro atoms. The molecular formula is C14H24N2O2S. The maximum atomic E-state index is 12.2. The van der Waals surface area contributed by atoms with E-state index in [2.05, 4.69) is 18.6 Å². The fraction of sp³-hybridized carbons (Fsp3) is 0.571. The van der Waals surface area contributed by atoms with Gasteiger partial charge in [-0.25, -0.2) is 13.1 Å². The van der Waals surface area contributed by atoms with Crippen LogP contribution in [0.1, 0.15) is 39.2 Å². The minimum atomic E-state index is -3.49. The summed E-state index contributed by atoms with van der Waals surface area (Å²) in [7, 11) is -3.49. The van der Waals surface area contributed by atoms with E-state index in [-0.39, 0.29) is 16.9 Å². The van der Waals surface area contributed by atoms with Crippen molar-refractivity contribution < 1.29 is 8.42 Å². The molecule has 1 aromatic carbocycles. The lowest BCUT2D eigenvalue weighted by atomic mass is 10.0. The van der Waals surface area contributed by atoms with Crippen molar-refractivity contribution in [2.75, 3.05) is 6.54 Å². The third kappa shape index (κ3) is 4.30. The molecule has 3 N–H and O–H groups in total. The van der Waals surface area contributed by atoms with Gasteiger partial charge in [-0.15, -0.1) is 0 Å². The van der Waals surface area contributed by atoms with Gasteiger partial charge in [-0.1, -0.05) is 39.8 Å². The molecular weight excluding hydrogens is 260 g/mol. The van der Waals surface area contributed by atoms with E-state index in [0.717, 1.165) is 5.56 Å². The van der Waals surface area contributed by atoms with Gasteiger partial charge in [-0.05, 0) is 29.5 Å². The van der Waals surface area contributed by atoms with E-state index in [0.29, 0.717) is 12.5 Å². The normalized spacial score (nSPS) is 14.1. The van der Waals surface area contributed by atoms with Crippen LogP contribution in [0.2, 0.25) is 0 Å². The molecule has 1 aromatic rings. The molecule has 1 atom stereocenters. The zero-order valence-corrected chi connectivity index (χ0v) is 12.9. The Hall–Kier alpha value is -0.910. The SMILES string of the molecule is CC(C)c1ccc(S(=O)(=O)NC(CN)C(C)C)cc1. The number of nitrogens with one attached hydrogen (secondary N) is 1. The van der Waals surface area contributed by atoms with E-state index < -0.39 is 10.0 Å². The number of rotatable bonds is 6. The van der Waals surface area contributed by atoms with Crippen LogP contribution in [0.4, 0.5) is 0 Å². The number of hydrogen-bond acceptors (Lipinski definition) is 3. The second-order valence-corrected chi connectivity index (χ2v) is 7.15. The van der Waals surface area contributed by atoms with Crippen molar-refractivity contribution in [3.05, 3.63) is 29.8 Å². The van der Waals surface area contributed by atoms with Crippen LogP contribution < -0.4 is 10.5 Å². The highest BCUT2D eigenvalue weighted by atomic mass is 32.2. The predicted molar refractivity (Wildman–Crippen MR) is 78.5 cm³/mol. The number of hydrogen-bond donors (Lipinski definition) is 2. The van der Waals surface area contributed by atoms with Crippen molar-refractivity contribution in [1.82, 2.24) is 4.72 Å². The lowest BCUT2D eigenvalue weighted by molar-refractivity contribution is 0.455. The van der Waals surface area contributed by atoms with Gasteiger partial charge in [0.05, 0.1) is 4.90 Å².